The summed E-state index contributed by atoms with van der Waals surface area (Å²) in [6.07, 6.45) is 16.2. The number of aromatic nitrogens is 2. The van der Waals surface area contributed by atoms with Gasteiger partial charge in [-0.3, -0.25) is 9.98 Å². The molecule has 0 spiro atoms. The highest BCUT2D eigenvalue weighted by molar-refractivity contribution is 6.30. The third kappa shape index (κ3) is 5.62. The Labute approximate surface area is 353 Å². The fourth-order valence-corrected chi connectivity index (χ4v) is 9.59. The lowest BCUT2D eigenvalue weighted by Crippen LogP contribution is -2.15. The van der Waals surface area contributed by atoms with Crippen molar-refractivity contribution in [2.75, 3.05) is 4.90 Å². The van der Waals surface area contributed by atoms with E-state index in [2.05, 4.69) is 190 Å². The van der Waals surface area contributed by atoms with Gasteiger partial charge in [0.1, 0.15) is 6.67 Å². The standard InChI is InChI=1S/C56H41N5/c1-4-16-38(17-5-2)60(39-18-7-6-8-19-39)40-30-28-37(29-31-40)53(57-3)49-22-9-12-25-50(49)58-36-59-51-26-13-10-20-41(51)45-32-34-48-46(54(45)59)33-35-47-44-24-15-23-43-42-21-11-14-27-52(42)61(55(43)44)56(47)48/h4-35H,1,3,36H2,2H3/b17-5-,38-16+,53-49-,58-50-. The third-order valence-corrected chi connectivity index (χ3v) is 12.1. The van der Waals surface area contributed by atoms with Gasteiger partial charge in [0.2, 0.25) is 0 Å². The van der Waals surface area contributed by atoms with Crippen molar-refractivity contribution >= 4 is 100 Å². The fraction of sp³-hybridized carbons (Fsp3) is 0.0357. The minimum atomic E-state index is 0.424. The van der Waals surface area contributed by atoms with Crippen LogP contribution in [0.3, 0.4) is 0 Å². The second-order valence-electron chi connectivity index (χ2n) is 15.4. The van der Waals surface area contributed by atoms with E-state index in [9.17, 15) is 0 Å². The van der Waals surface area contributed by atoms with Gasteiger partial charge in [-0.2, -0.15) is 0 Å². The minimum Gasteiger partial charge on any atom is -0.320 e. The molecule has 0 unspecified atom stereocenters. The molecule has 61 heavy (non-hydrogen) atoms. The Morgan fingerprint density at radius 2 is 1.15 bits per heavy atom. The van der Waals surface area contributed by atoms with Crippen LogP contribution in [-0.2, 0) is 6.67 Å². The first-order valence-electron chi connectivity index (χ1n) is 20.7. The van der Waals surface area contributed by atoms with Crippen molar-refractivity contribution in [1.29, 1.82) is 0 Å². The topological polar surface area (TPSA) is 37.3 Å². The smallest absolute Gasteiger partial charge is 0.115 e. The van der Waals surface area contributed by atoms with Crippen LogP contribution in [0.25, 0.3) is 76.4 Å². The molecular formula is C56H41N5. The van der Waals surface area contributed by atoms with Crippen LogP contribution in [-0.4, -0.2) is 21.4 Å². The van der Waals surface area contributed by atoms with Crippen molar-refractivity contribution in [2.24, 2.45) is 9.98 Å². The van der Waals surface area contributed by atoms with E-state index in [4.69, 9.17) is 4.99 Å². The summed E-state index contributed by atoms with van der Waals surface area (Å²) >= 11 is 0. The van der Waals surface area contributed by atoms with Crippen LogP contribution in [0, 0.1) is 0 Å². The maximum absolute atomic E-state index is 5.39. The largest absolute Gasteiger partial charge is 0.320 e. The van der Waals surface area contributed by atoms with Crippen LogP contribution in [0.4, 0.5) is 11.4 Å². The summed E-state index contributed by atoms with van der Waals surface area (Å²) in [5.41, 5.74) is 12.7. The van der Waals surface area contributed by atoms with Crippen molar-refractivity contribution in [3.05, 3.63) is 218 Å². The summed E-state index contributed by atoms with van der Waals surface area (Å²) in [6, 6.07) is 52.3. The van der Waals surface area contributed by atoms with E-state index in [1.54, 1.807) is 0 Å². The maximum atomic E-state index is 5.39. The average Bonchev–Trinajstić information content (AvgIpc) is 3.95. The quantitative estimate of drug-likeness (QED) is 0.106. The summed E-state index contributed by atoms with van der Waals surface area (Å²) in [5, 5.41) is 9.99. The molecule has 0 amide bonds. The maximum Gasteiger partial charge on any atom is 0.115 e. The van der Waals surface area contributed by atoms with Crippen molar-refractivity contribution in [3.8, 4) is 0 Å². The summed E-state index contributed by atoms with van der Waals surface area (Å²) < 4.78 is 4.87. The first kappa shape index (κ1) is 36.1. The second kappa shape index (κ2) is 14.7. The molecule has 3 aromatic heterocycles. The number of rotatable bonds is 9. The van der Waals surface area contributed by atoms with Gasteiger partial charge >= 0.3 is 0 Å². The summed E-state index contributed by atoms with van der Waals surface area (Å²) in [6.45, 7) is 10.5. The van der Waals surface area contributed by atoms with Crippen LogP contribution in [0.2, 0.25) is 0 Å². The Morgan fingerprint density at radius 1 is 0.590 bits per heavy atom. The number of nitrogens with zero attached hydrogens (tertiary/aromatic N) is 5. The molecule has 0 saturated carbocycles. The highest BCUT2D eigenvalue weighted by Crippen LogP contribution is 2.44. The minimum absolute atomic E-state index is 0.424. The normalized spacial score (nSPS) is 15.0. The first-order valence-corrected chi connectivity index (χ1v) is 20.7. The molecule has 3 heterocycles. The van der Waals surface area contributed by atoms with Gasteiger partial charge in [-0.1, -0.05) is 146 Å². The zero-order chi connectivity index (χ0) is 41.0. The zero-order valence-electron chi connectivity index (χ0n) is 33.8. The zero-order valence-corrected chi connectivity index (χ0v) is 33.8. The Kier molecular flexibility index (Phi) is 8.68. The van der Waals surface area contributed by atoms with Crippen LogP contribution in [0.1, 0.15) is 12.5 Å². The fourth-order valence-electron chi connectivity index (χ4n) is 9.59. The van der Waals surface area contributed by atoms with E-state index in [0.717, 1.165) is 45.1 Å². The number of hydrogen-bond donors (Lipinski definition) is 0. The predicted octanol–water partition coefficient (Wildman–Crippen LogP) is 14.5. The van der Waals surface area contributed by atoms with Crippen molar-refractivity contribution in [3.63, 3.8) is 0 Å². The molecule has 0 saturated heterocycles. The van der Waals surface area contributed by atoms with E-state index in [0.29, 0.717) is 6.67 Å². The van der Waals surface area contributed by atoms with Gasteiger partial charge in [0.05, 0.1) is 39.0 Å². The number of fused-ring (bicyclic) bond motifs is 12. The molecule has 0 N–H and O–H groups in total. The van der Waals surface area contributed by atoms with E-state index >= 15 is 0 Å². The van der Waals surface area contributed by atoms with Gasteiger partial charge < -0.3 is 13.9 Å². The van der Waals surface area contributed by atoms with E-state index in [1.807, 2.05) is 43.4 Å². The van der Waals surface area contributed by atoms with Crippen LogP contribution < -0.4 is 4.90 Å². The van der Waals surface area contributed by atoms with Crippen molar-refractivity contribution in [2.45, 2.75) is 13.6 Å². The van der Waals surface area contributed by atoms with Crippen LogP contribution in [0.15, 0.2) is 222 Å². The number of benzene rings is 7. The SMILES string of the molecule is C=C/C=C(\C=C/C)N(c1ccccc1)c1ccc(/C(N=C)=C2\C=CC=C\C2=N\Cn2c3ccccc3c3ccc4c(ccc5c6cccc7c8ccccc8n(c45)c76)c32)cc1. The molecule has 10 aromatic rings. The molecule has 5 heteroatoms. The number of para-hydroxylation sites is 4. The Hall–Kier alpha value is -8.02. The molecule has 290 valence electrons. The molecule has 1 aliphatic rings. The Bertz CT molecular complexity index is 3590. The lowest BCUT2D eigenvalue weighted by molar-refractivity contribution is 0.795. The van der Waals surface area contributed by atoms with E-state index in [1.165, 1.54) is 65.2 Å². The molecule has 11 rings (SSSR count). The summed E-state index contributed by atoms with van der Waals surface area (Å²) in [7, 11) is 0. The summed E-state index contributed by atoms with van der Waals surface area (Å²) in [5.74, 6) is 0. The molecule has 1 aliphatic carbocycles. The average molecular weight is 784 g/mol. The molecular weight excluding hydrogens is 743 g/mol. The number of hydrogen-bond acceptors (Lipinski definition) is 3. The van der Waals surface area contributed by atoms with Crippen molar-refractivity contribution < 1.29 is 0 Å². The molecule has 7 aromatic carbocycles. The monoisotopic (exact) mass is 783 g/mol. The number of anilines is 2. The third-order valence-electron chi connectivity index (χ3n) is 12.1. The predicted molar refractivity (Wildman–Crippen MR) is 262 cm³/mol. The van der Waals surface area contributed by atoms with Gasteiger partial charge in [-0.25, -0.2) is 0 Å². The summed E-state index contributed by atoms with van der Waals surface area (Å²) in [4.78, 5) is 12.2. The lowest BCUT2D eigenvalue weighted by Gasteiger charge is -2.26. The van der Waals surface area contributed by atoms with Gasteiger partial charge in [-0.05, 0) is 68.3 Å². The van der Waals surface area contributed by atoms with Gasteiger partial charge in [0, 0.05) is 71.3 Å². The van der Waals surface area contributed by atoms with E-state index in [-0.39, 0.29) is 0 Å². The number of aliphatic imine (C=N–C) groups is 2. The Balaban J connectivity index is 1.05. The molecule has 5 nitrogen and oxygen atoms in total. The van der Waals surface area contributed by atoms with E-state index < -0.39 is 0 Å². The first-order chi connectivity index (χ1) is 30.2. The molecule has 0 bridgehead atoms. The Morgan fingerprint density at radius 3 is 1.84 bits per heavy atom. The van der Waals surface area contributed by atoms with Gasteiger partial charge in [0.25, 0.3) is 0 Å². The lowest BCUT2D eigenvalue weighted by atomic mass is 9.98. The molecule has 0 atom stereocenters. The van der Waals surface area contributed by atoms with Crippen molar-refractivity contribution in [1.82, 2.24) is 8.97 Å². The highest BCUT2D eigenvalue weighted by atomic mass is 15.1. The molecule has 0 radical (unpaired) electrons. The van der Waals surface area contributed by atoms with Crippen LogP contribution in [0.5, 0.6) is 0 Å². The van der Waals surface area contributed by atoms with Gasteiger partial charge in [-0.15, -0.1) is 0 Å². The molecule has 0 aliphatic heterocycles. The van der Waals surface area contributed by atoms with Gasteiger partial charge in [0.15, 0.2) is 0 Å². The molecule has 0 fully saturated rings. The highest BCUT2D eigenvalue weighted by Gasteiger charge is 2.22. The number of allylic oxidation sites excluding steroid dienone is 9. The second-order valence-corrected chi connectivity index (χ2v) is 15.4. The van der Waals surface area contributed by atoms with Crippen LogP contribution >= 0.6 is 0 Å².